The molecule has 0 fully saturated rings. The minimum Gasteiger partial charge on any atom is -0.486 e. The SMILES string of the molecule is CCOC(=O)c1c(OC(C)C)c2nc(Br)c(CC)nc2n1C. The molecule has 6 nitrogen and oxygen atoms in total. The predicted molar refractivity (Wildman–Crippen MR) is 87.3 cm³/mol. The summed E-state index contributed by atoms with van der Waals surface area (Å²) in [5.74, 6) is -0.0172. The maximum Gasteiger partial charge on any atom is 0.358 e. The van der Waals surface area contributed by atoms with Gasteiger partial charge < -0.3 is 14.0 Å². The molecule has 0 saturated carbocycles. The summed E-state index contributed by atoms with van der Waals surface area (Å²) < 4.78 is 13.3. The largest absolute Gasteiger partial charge is 0.486 e. The number of nitrogens with zero attached hydrogens (tertiary/aromatic N) is 3. The average Bonchev–Trinajstić information content (AvgIpc) is 2.70. The van der Waals surface area contributed by atoms with E-state index >= 15 is 0 Å². The summed E-state index contributed by atoms with van der Waals surface area (Å²) in [6.45, 7) is 7.87. The Balaban J connectivity index is 2.75. The van der Waals surface area contributed by atoms with Gasteiger partial charge in [-0.1, -0.05) is 6.92 Å². The van der Waals surface area contributed by atoms with Gasteiger partial charge in [0.25, 0.3) is 0 Å². The second-order valence-electron chi connectivity index (χ2n) is 5.11. The molecule has 0 N–H and O–H groups in total. The number of carbonyl (C=O) groups excluding carboxylic acids is 1. The van der Waals surface area contributed by atoms with Crippen molar-refractivity contribution in [3.05, 3.63) is 16.0 Å². The molecule has 7 heteroatoms. The maximum atomic E-state index is 12.3. The van der Waals surface area contributed by atoms with Gasteiger partial charge in [0.15, 0.2) is 22.6 Å². The second kappa shape index (κ2) is 6.64. The topological polar surface area (TPSA) is 66.2 Å². The van der Waals surface area contributed by atoms with Gasteiger partial charge in [0.2, 0.25) is 0 Å². The lowest BCUT2D eigenvalue weighted by atomic mass is 10.3. The summed E-state index contributed by atoms with van der Waals surface area (Å²) in [5, 5.41) is 0. The number of ether oxygens (including phenoxy) is 2. The van der Waals surface area contributed by atoms with Crippen LogP contribution in [0.15, 0.2) is 4.60 Å². The number of carbonyl (C=O) groups is 1. The van der Waals surface area contributed by atoms with Crippen molar-refractivity contribution >= 4 is 33.1 Å². The lowest BCUT2D eigenvalue weighted by molar-refractivity contribution is 0.0509. The van der Waals surface area contributed by atoms with Gasteiger partial charge in [0.05, 0.1) is 18.4 Å². The fraction of sp³-hybridized carbons (Fsp3) is 0.533. The number of rotatable bonds is 5. The molecule has 0 amide bonds. The molecule has 0 aromatic carbocycles. The van der Waals surface area contributed by atoms with Crippen LogP contribution in [0.1, 0.15) is 43.9 Å². The van der Waals surface area contributed by atoms with Crippen LogP contribution in [0.3, 0.4) is 0 Å². The molecule has 2 rings (SSSR count). The number of fused-ring (bicyclic) bond motifs is 1. The Morgan fingerprint density at radius 1 is 1.32 bits per heavy atom. The minimum absolute atomic E-state index is 0.0924. The van der Waals surface area contributed by atoms with Crippen LogP contribution >= 0.6 is 15.9 Å². The zero-order chi connectivity index (χ0) is 16.4. The molecule has 0 radical (unpaired) electrons. The van der Waals surface area contributed by atoms with Gasteiger partial charge in [-0.05, 0) is 43.1 Å². The first kappa shape index (κ1) is 16.7. The fourth-order valence-electron chi connectivity index (χ4n) is 2.20. The zero-order valence-corrected chi connectivity index (χ0v) is 15.0. The van der Waals surface area contributed by atoms with E-state index < -0.39 is 5.97 Å². The molecule has 2 heterocycles. The van der Waals surface area contributed by atoms with Crippen molar-refractivity contribution in [2.45, 2.75) is 40.2 Å². The Morgan fingerprint density at radius 3 is 2.55 bits per heavy atom. The van der Waals surface area contributed by atoms with Gasteiger partial charge in [-0.2, -0.15) is 0 Å². The molecule has 0 atom stereocenters. The van der Waals surface area contributed by atoms with E-state index in [-0.39, 0.29) is 6.10 Å². The number of aryl methyl sites for hydroxylation is 2. The van der Waals surface area contributed by atoms with Crippen LogP contribution in [-0.4, -0.2) is 33.2 Å². The Morgan fingerprint density at radius 2 is 2.00 bits per heavy atom. The predicted octanol–water partition coefficient (Wildman–Crippen LogP) is 3.26. The average molecular weight is 370 g/mol. The molecule has 0 aliphatic carbocycles. The van der Waals surface area contributed by atoms with Crippen molar-refractivity contribution in [1.29, 1.82) is 0 Å². The Kier molecular flexibility index (Phi) is 5.05. The highest BCUT2D eigenvalue weighted by Crippen LogP contribution is 2.33. The van der Waals surface area contributed by atoms with E-state index in [4.69, 9.17) is 9.47 Å². The molecule has 0 saturated heterocycles. The molecule has 0 spiro atoms. The summed E-state index contributed by atoms with van der Waals surface area (Å²) in [4.78, 5) is 21.4. The first-order valence-corrected chi connectivity index (χ1v) is 8.08. The molecule has 2 aromatic heterocycles. The van der Waals surface area contributed by atoms with Crippen molar-refractivity contribution in [1.82, 2.24) is 14.5 Å². The lowest BCUT2D eigenvalue weighted by Gasteiger charge is -2.11. The summed E-state index contributed by atoms with van der Waals surface area (Å²) >= 11 is 3.42. The van der Waals surface area contributed by atoms with E-state index in [1.165, 1.54) is 0 Å². The summed E-state index contributed by atoms with van der Waals surface area (Å²) in [7, 11) is 1.77. The van der Waals surface area contributed by atoms with Crippen LogP contribution in [0.5, 0.6) is 5.75 Å². The lowest BCUT2D eigenvalue weighted by Crippen LogP contribution is -2.14. The van der Waals surface area contributed by atoms with Crippen LogP contribution < -0.4 is 4.74 Å². The summed E-state index contributed by atoms with van der Waals surface area (Å²) in [5.41, 5.74) is 2.34. The quantitative estimate of drug-likeness (QED) is 0.756. The number of esters is 1. The van der Waals surface area contributed by atoms with Gasteiger partial charge >= 0.3 is 5.97 Å². The Hall–Kier alpha value is -1.63. The van der Waals surface area contributed by atoms with Gasteiger partial charge in [-0.25, -0.2) is 14.8 Å². The second-order valence-corrected chi connectivity index (χ2v) is 5.86. The van der Waals surface area contributed by atoms with Crippen molar-refractivity contribution in [2.24, 2.45) is 7.05 Å². The van der Waals surface area contributed by atoms with E-state index in [1.807, 2.05) is 20.8 Å². The highest BCUT2D eigenvalue weighted by atomic mass is 79.9. The van der Waals surface area contributed by atoms with Crippen molar-refractivity contribution in [2.75, 3.05) is 6.61 Å². The van der Waals surface area contributed by atoms with Crippen LogP contribution in [0, 0.1) is 0 Å². The Bertz CT molecular complexity index is 710. The molecular weight excluding hydrogens is 350 g/mol. The first-order chi connectivity index (χ1) is 10.4. The third kappa shape index (κ3) is 2.95. The van der Waals surface area contributed by atoms with E-state index in [0.717, 1.165) is 12.1 Å². The highest BCUT2D eigenvalue weighted by molar-refractivity contribution is 9.10. The zero-order valence-electron chi connectivity index (χ0n) is 13.4. The third-order valence-electron chi connectivity index (χ3n) is 3.14. The maximum absolute atomic E-state index is 12.3. The van der Waals surface area contributed by atoms with E-state index in [1.54, 1.807) is 18.5 Å². The van der Waals surface area contributed by atoms with E-state index in [0.29, 0.717) is 33.8 Å². The van der Waals surface area contributed by atoms with Crippen LogP contribution in [-0.2, 0) is 18.2 Å². The van der Waals surface area contributed by atoms with Crippen molar-refractivity contribution < 1.29 is 14.3 Å². The number of aromatic nitrogens is 3. The molecule has 0 aliphatic rings. The van der Waals surface area contributed by atoms with Crippen molar-refractivity contribution in [3.63, 3.8) is 0 Å². The summed E-state index contributed by atoms with van der Waals surface area (Å²) in [6, 6.07) is 0. The molecule has 0 unspecified atom stereocenters. The monoisotopic (exact) mass is 369 g/mol. The molecule has 0 aliphatic heterocycles. The standard InChI is InChI=1S/C15H20BrN3O3/c1-6-9-13(16)18-10-12(22-8(3)4)11(15(20)21-7-2)19(5)14(10)17-9/h8H,6-7H2,1-5H3. The minimum atomic E-state index is -0.436. The van der Waals surface area contributed by atoms with Gasteiger partial charge in [0.1, 0.15) is 4.60 Å². The fourth-order valence-corrected chi connectivity index (χ4v) is 2.74. The number of halogens is 1. The van der Waals surface area contributed by atoms with Crippen molar-refractivity contribution in [3.8, 4) is 5.75 Å². The molecule has 0 bridgehead atoms. The normalized spacial score (nSPS) is 11.2. The summed E-state index contributed by atoms with van der Waals surface area (Å²) in [6.07, 6.45) is 0.647. The van der Waals surface area contributed by atoms with E-state index in [2.05, 4.69) is 25.9 Å². The van der Waals surface area contributed by atoms with Gasteiger partial charge in [-0.15, -0.1) is 0 Å². The Labute approximate surface area is 138 Å². The van der Waals surface area contributed by atoms with Crippen LogP contribution in [0.4, 0.5) is 0 Å². The van der Waals surface area contributed by atoms with Gasteiger partial charge in [0, 0.05) is 7.05 Å². The number of hydrogen-bond acceptors (Lipinski definition) is 5. The first-order valence-electron chi connectivity index (χ1n) is 7.29. The highest BCUT2D eigenvalue weighted by Gasteiger charge is 2.27. The molecule has 22 heavy (non-hydrogen) atoms. The number of hydrogen-bond donors (Lipinski definition) is 0. The van der Waals surface area contributed by atoms with E-state index in [9.17, 15) is 4.79 Å². The molecule has 120 valence electrons. The molecule has 2 aromatic rings. The van der Waals surface area contributed by atoms with Gasteiger partial charge in [-0.3, -0.25) is 0 Å². The van der Waals surface area contributed by atoms with Crippen LogP contribution in [0.2, 0.25) is 0 Å². The smallest absolute Gasteiger partial charge is 0.358 e. The van der Waals surface area contributed by atoms with Crippen LogP contribution in [0.25, 0.3) is 11.2 Å². The third-order valence-corrected chi connectivity index (χ3v) is 3.78. The molecular formula is C15H20BrN3O3.